The van der Waals surface area contributed by atoms with Crippen LogP contribution >= 0.6 is 11.3 Å². The Morgan fingerprint density at radius 2 is 2.50 bits per heavy atom. The van der Waals surface area contributed by atoms with Crippen LogP contribution in [0.3, 0.4) is 0 Å². The fourth-order valence-corrected chi connectivity index (χ4v) is 4.22. The third-order valence-corrected chi connectivity index (χ3v) is 5.40. The normalized spacial score (nSPS) is 29.6. The van der Waals surface area contributed by atoms with Gasteiger partial charge < -0.3 is 4.74 Å². The van der Waals surface area contributed by atoms with Gasteiger partial charge >= 0.3 is 5.97 Å². The van der Waals surface area contributed by atoms with Crippen LogP contribution in [0.5, 0.6) is 0 Å². The van der Waals surface area contributed by atoms with Crippen molar-refractivity contribution in [3.8, 4) is 0 Å². The van der Waals surface area contributed by atoms with Gasteiger partial charge in [0.2, 0.25) is 0 Å². The van der Waals surface area contributed by atoms with Gasteiger partial charge in [-0.3, -0.25) is 10.2 Å². The molecule has 2 fully saturated rings. The third-order valence-electron chi connectivity index (χ3n) is 4.52. The van der Waals surface area contributed by atoms with Crippen LogP contribution in [0.25, 0.3) is 0 Å². The molecular weight excluding hydrogens is 272 g/mol. The van der Waals surface area contributed by atoms with Crippen molar-refractivity contribution in [2.45, 2.75) is 44.3 Å². The molecule has 2 aliphatic rings. The zero-order chi connectivity index (χ0) is 14.0. The molecule has 0 saturated carbocycles. The number of nitrogens with zero attached hydrogens (tertiary/aromatic N) is 1. The molecule has 2 unspecified atom stereocenters. The van der Waals surface area contributed by atoms with E-state index in [1.54, 1.807) is 11.3 Å². The molecule has 0 aliphatic carbocycles. The van der Waals surface area contributed by atoms with E-state index in [1.165, 1.54) is 11.3 Å². The second-order valence-corrected chi connectivity index (χ2v) is 6.60. The maximum absolute atomic E-state index is 12.6. The molecule has 110 valence electrons. The lowest BCUT2D eigenvalue weighted by molar-refractivity contribution is -0.152. The highest BCUT2D eigenvalue weighted by Gasteiger charge is 2.54. The van der Waals surface area contributed by atoms with Crippen LogP contribution in [-0.2, 0) is 16.1 Å². The molecule has 0 amide bonds. The number of carbonyl (C=O) groups excluding carboxylic acids is 1. The van der Waals surface area contributed by atoms with E-state index < -0.39 is 5.54 Å². The second kappa shape index (κ2) is 5.84. The van der Waals surface area contributed by atoms with Crippen molar-refractivity contribution in [2.24, 2.45) is 0 Å². The summed E-state index contributed by atoms with van der Waals surface area (Å²) in [5.74, 6) is -0.0639. The van der Waals surface area contributed by atoms with Crippen LogP contribution in [-0.4, -0.2) is 42.1 Å². The number of nitrogens with one attached hydrogen (secondary N) is 1. The average Bonchev–Trinajstić information content (AvgIpc) is 3.15. The second-order valence-electron chi connectivity index (χ2n) is 5.57. The van der Waals surface area contributed by atoms with E-state index in [9.17, 15) is 4.79 Å². The van der Waals surface area contributed by atoms with Gasteiger partial charge in [-0.2, -0.15) is 0 Å². The number of esters is 1. The maximum Gasteiger partial charge on any atom is 0.328 e. The van der Waals surface area contributed by atoms with E-state index >= 15 is 0 Å². The molecule has 2 saturated heterocycles. The number of hydrogen-bond donors (Lipinski definition) is 1. The van der Waals surface area contributed by atoms with Crippen molar-refractivity contribution >= 4 is 17.3 Å². The van der Waals surface area contributed by atoms with Gasteiger partial charge in [0.25, 0.3) is 0 Å². The molecule has 2 aliphatic heterocycles. The Hall–Kier alpha value is -0.910. The maximum atomic E-state index is 12.6. The average molecular weight is 294 g/mol. The molecule has 0 spiro atoms. The van der Waals surface area contributed by atoms with Crippen LogP contribution in [0, 0.1) is 0 Å². The SMILES string of the molecule is CCOC(=O)C1(NCc2cccs2)CCN2CCCC21. The highest BCUT2D eigenvalue weighted by Crippen LogP contribution is 2.37. The van der Waals surface area contributed by atoms with E-state index in [0.29, 0.717) is 12.6 Å². The van der Waals surface area contributed by atoms with Gasteiger partial charge in [0.05, 0.1) is 6.61 Å². The Bertz CT molecular complexity index is 462. The Morgan fingerprint density at radius 1 is 1.60 bits per heavy atom. The number of hydrogen-bond acceptors (Lipinski definition) is 5. The van der Waals surface area contributed by atoms with Crippen LogP contribution < -0.4 is 5.32 Å². The minimum absolute atomic E-state index is 0.0639. The number of carbonyl (C=O) groups is 1. The fourth-order valence-electron chi connectivity index (χ4n) is 3.57. The lowest BCUT2D eigenvalue weighted by atomic mass is 9.88. The lowest BCUT2D eigenvalue weighted by Crippen LogP contribution is -2.59. The number of rotatable bonds is 5. The Morgan fingerprint density at radius 3 is 3.25 bits per heavy atom. The molecule has 1 N–H and O–H groups in total. The van der Waals surface area contributed by atoms with Crippen LogP contribution in [0.2, 0.25) is 0 Å². The monoisotopic (exact) mass is 294 g/mol. The van der Waals surface area contributed by atoms with Crippen LogP contribution in [0.1, 0.15) is 31.1 Å². The highest BCUT2D eigenvalue weighted by atomic mass is 32.1. The first-order valence-corrected chi connectivity index (χ1v) is 8.33. The van der Waals surface area contributed by atoms with E-state index in [0.717, 1.165) is 32.5 Å². The van der Waals surface area contributed by atoms with Crippen molar-refractivity contribution in [3.05, 3.63) is 22.4 Å². The first-order valence-electron chi connectivity index (χ1n) is 7.45. The summed E-state index contributed by atoms with van der Waals surface area (Å²) in [5.41, 5.74) is -0.503. The number of fused-ring (bicyclic) bond motifs is 1. The predicted octanol–water partition coefficient (Wildman–Crippen LogP) is 2.01. The van der Waals surface area contributed by atoms with Gasteiger partial charge in [-0.15, -0.1) is 11.3 Å². The van der Waals surface area contributed by atoms with E-state index in [2.05, 4.69) is 27.7 Å². The predicted molar refractivity (Wildman–Crippen MR) is 79.7 cm³/mol. The molecule has 0 radical (unpaired) electrons. The molecule has 20 heavy (non-hydrogen) atoms. The van der Waals surface area contributed by atoms with Gasteiger partial charge in [0.15, 0.2) is 0 Å². The molecule has 5 heteroatoms. The standard InChI is InChI=1S/C15H22N2O2S/c1-2-19-14(18)15(16-11-12-5-4-10-20-12)7-9-17-8-3-6-13(15)17/h4-5,10,13,16H,2-3,6-9,11H2,1H3. The minimum atomic E-state index is -0.503. The van der Waals surface area contributed by atoms with Crippen LogP contribution in [0.4, 0.5) is 0 Å². The van der Waals surface area contributed by atoms with Crippen molar-refractivity contribution < 1.29 is 9.53 Å². The smallest absolute Gasteiger partial charge is 0.328 e. The molecule has 3 heterocycles. The molecule has 4 nitrogen and oxygen atoms in total. The summed E-state index contributed by atoms with van der Waals surface area (Å²) >= 11 is 1.73. The Labute approximate surface area is 124 Å². The Kier molecular flexibility index (Phi) is 4.10. The van der Waals surface area contributed by atoms with Gasteiger partial charge in [0, 0.05) is 24.0 Å². The fraction of sp³-hybridized carbons (Fsp3) is 0.667. The Balaban J connectivity index is 1.78. The molecular formula is C15H22N2O2S. The molecule has 1 aromatic heterocycles. The molecule has 2 atom stereocenters. The van der Waals surface area contributed by atoms with Gasteiger partial charge in [0.1, 0.15) is 5.54 Å². The third kappa shape index (κ3) is 2.38. The molecule has 1 aromatic rings. The molecule has 3 rings (SSSR count). The largest absolute Gasteiger partial charge is 0.465 e. The molecule has 0 bridgehead atoms. The van der Waals surface area contributed by atoms with Gasteiger partial charge in [-0.1, -0.05) is 6.07 Å². The number of thiophene rings is 1. The van der Waals surface area contributed by atoms with Gasteiger partial charge in [-0.25, -0.2) is 4.79 Å². The first kappa shape index (κ1) is 14.0. The van der Waals surface area contributed by atoms with Crippen molar-refractivity contribution in [1.82, 2.24) is 10.2 Å². The quantitative estimate of drug-likeness (QED) is 0.844. The minimum Gasteiger partial charge on any atom is -0.465 e. The summed E-state index contributed by atoms with van der Waals surface area (Å²) in [6, 6.07) is 4.47. The van der Waals surface area contributed by atoms with Gasteiger partial charge in [-0.05, 0) is 44.2 Å². The zero-order valence-corrected chi connectivity index (χ0v) is 12.7. The lowest BCUT2D eigenvalue weighted by Gasteiger charge is -2.33. The van der Waals surface area contributed by atoms with E-state index in [4.69, 9.17) is 4.74 Å². The van der Waals surface area contributed by atoms with E-state index in [1.807, 2.05) is 6.92 Å². The van der Waals surface area contributed by atoms with Crippen molar-refractivity contribution in [1.29, 1.82) is 0 Å². The van der Waals surface area contributed by atoms with Crippen molar-refractivity contribution in [2.75, 3.05) is 19.7 Å². The topological polar surface area (TPSA) is 41.6 Å². The summed E-state index contributed by atoms with van der Waals surface area (Å²) in [7, 11) is 0. The summed E-state index contributed by atoms with van der Waals surface area (Å²) in [4.78, 5) is 16.3. The first-order chi connectivity index (χ1) is 9.76. The summed E-state index contributed by atoms with van der Waals surface area (Å²) in [5, 5.41) is 5.62. The highest BCUT2D eigenvalue weighted by molar-refractivity contribution is 7.09. The molecule has 0 aromatic carbocycles. The van der Waals surface area contributed by atoms with Crippen molar-refractivity contribution in [3.63, 3.8) is 0 Å². The van der Waals surface area contributed by atoms with E-state index in [-0.39, 0.29) is 5.97 Å². The summed E-state index contributed by atoms with van der Waals surface area (Å²) in [6.07, 6.45) is 3.14. The summed E-state index contributed by atoms with van der Waals surface area (Å²) in [6.45, 7) is 5.20. The summed E-state index contributed by atoms with van der Waals surface area (Å²) < 4.78 is 5.38. The zero-order valence-electron chi connectivity index (χ0n) is 11.9. The number of ether oxygens (including phenoxy) is 1. The van der Waals surface area contributed by atoms with Crippen LogP contribution in [0.15, 0.2) is 17.5 Å².